The average Bonchev–Trinajstić information content (AvgIpc) is 2.42. The molecule has 0 spiro atoms. The van der Waals surface area contributed by atoms with Crippen LogP contribution in [0.25, 0.3) is 0 Å². The van der Waals surface area contributed by atoms with Crippen LogP contribution in [0.1, 0.15) is 13.8 Å². The number of non-ortho nitro benzene ring substituents is 1. The van der Waals surface area contributed by atoms with Gasteiger partial charge in [0.05, 0.1) is 22.4 Å². The number of nitrogens with zero attached hydrogens (tertiary/aromatic N) is 1. The van der Waals surface area contributed by atoms with Crippen molar-refractivity contribution in [3.8, 4) is 5.75 Å². The lowest BCUT2D eigenvalue weighted by Crippen LogP contribution is -2.05. The predicted octanol–water partition coefficient (Wildman–Crippen LogP) is 3.71. The van der Waals surface area contributed by atoms with Crippen molar-refractivity contribution in [2.75, 3.05) is 11.1 Å². The fourth-order valence-corrected chi connectivity index (χ4v) is 1.82. The van der Waals surface area contributed by atoms with Crippen LogP contribution in [0.15, 0.2) is 42.5 Å². The number of rotatable bonds is 5. The Hall–Kier alpha value is -2.76. The molecule has 6 nitrogen and oxygen atoms in total. The molecule has 0 saturated carbocycles. The average molecular weight is 287 g/mol. The highest BCUT2D eigenvalue weighted by molar-refractivity contribution is 5.74. The Morgan fingerprint density at radius 3 is 2.38 bits per heavy atom. The van der Waals surface area contributed by atoms with Crippen LogP contribution in [-0.4, -0.2) is 11.0 Å². The van der Waals surface area contributed by atoms with E-state index in [0.29, 0.717) is 11.4 Å². The van der Waals surface area contributed by atoms with E-state index in [1.807, 2.05) is 38.1 Å². The third-order valence-electron chi connectivity index (χ3n) is 2.75. The standard InChI is InChI=1S/C15H17N3O3/c1-10(2)21-13-6-3-11(4-7-13)17-15-8-5-12(18(19)20)9-14(15)16/h3-10,17H,16H2,1-2H3. The number of anilines is 3. The number of benzene rings is 2. The number of ether oxygens (including phenoxy) is 1. The Morgan fingerprint density at radius 2 is 1.86 bits per heavy atom. The Kier molecular flexibility index (Phi) is 4.27. The Balaban J connectivity index is 2.13. The lowest BCUT2D eigenvalue weighted by molar-refractivity contribution is -0.384. The first-order valence-corrected chi connectivity index (χ1v) is 6.53. The number of nitro benzene ring substituents is 1. The van der Waals surface area contributed by atoms with Gasteiger partial charge in [-0.05, 0) is 44.2 Å². The molecule has 2 aromatic carbocycles. The van der Waals surface area contributed by atoms with E-state index < -0.39 is 4.92 Å². The molecule has 2 aromatic rings. The van der Waals surface area contributed by atoms with Gasteiger partial charge in [0.1, 0.15) is 5.75 Å². The molecule has 6 heteroatoms. The molecule has 3 N–H and O–H groups in total. The molecule has 0 radical (unpaired) electrons. The van der Waals surface area contributed by atoms with Gasteiger partial charge in [-0.1, -0.05) is 0 Å². The first-order valence-electron chi connectivity index (χ1n) is 6.53. The van der Waals surface area contributed by atoms with Crippen LogP contribution in [0.4, 0.5) is 22.7 Å². The van der Waals surface area contributed by atoms with Crippen molar-refractivity contribution < 1.29 is 9.66 Å². The van der Waals surface area contributed by atoms with Crippen molar-refractivity contribution in [1.29, 1.82) is 0 Å². The van der Waals surface area contributed by atoms with Crippen molar-refractivity contribution in [1.82, 2.24) is 0 Å². The molecular weight excluding hydrogens is 270 g/mol. The zero-order chi connectivity index (χ0) is 15.4. The Labute approximate surface area is 122 Å². The molecule has 21 heavy (non-hydrogen) atoms. The Bertz CT molecular complexity index is 639. The molecule has 0 amide bonds. The van der Waals surface area contributed by atoms with Gasteiger partial charge in [0.25, 0.3) is 5.69 Å². The van der Waals surface area contributed by atoms with E-state index in [4.69, 9.17) is 10.5 Å². The number of hydrogen-bond donors (Lipinski definition) is 2. The van der Waals surface area contributed by atoms with Crippen LogP contribution < -0.4 is 15.8 Å². The van der Waals surface area contributed by atoms with Gasteiger partial charge >= 0.3 is 0 Å². The van der Waals surface area contributed by atoms with E-state index in [1.54, 1.807) is 6.07 Å². The molecule has 0 bridgehead atoms. The first kappa shape index (κ1) is 14.6. The minimum atomic E-state index is -0.474. The molecule has 0 heterocycles. The van der Waals surface area contributed by atoms with Gasteiger partial charge in [0.2, 0.25) is 0 Å². The summed E-state index contributed by atoms with van der Waals surface area (Å²) in [6.45, 7) is 3.92. The summed E-state index contributed by atoms with van der Waals surface area (Å²) in [4.78, 5) is 10.2. The van der Waals surface area contributed by atoms with Crippen molar-refractivity contribution in [3.05, 3.63) is 52.6 Å². The summed E-state index contributed by atoms with van der Waals surface area (Å²) < 4.78 is 5.56. The second-order valence-electron chi connectivity index (χ2n) is 4.84. The van der Waals surface area contributed by atoms with Crippen LogP contribution in [-0.2, 0) is 0 Å². The summed E-state index contributed by atoms with van der Waals surface area (Å²) in [6, 6.07) is 11.8. The van der Waals surface area contributed by atoms with Crippen molar-refractivity contribution in [2.45, 2.75) is 20.0 Å². The Morgan fingerprint density at radius 1 is 1.19 bits per heavy atom. The van der Waals surface area contributed by atoms with E-state index in [9.17, 15) is 10.1 Å². The molecule has 0 aromatic heterocycles. The lowest BCUT2D eigenvalue weighted by atomic mass is 10.2. The highest BCUT2D eigenvalue weighted by atomic mass is 16.6. The summed E-state index contributed by atoms with van der Waals surface area (Å²) in [6.07, 6.45) is 0.120. The molecule has 0 unspecified atom stereocenters. The number of nitro groups is 1. The largest absolute Gasteiger partial charge is 0.491 e. The number of nitrogens with two attached hydrogens (primary N) is 1. The third-order valence-corrected chi connectivity index (χ3v) is 2.75. The van der Waals surface area contributed by atoms with Gasteiger partial charge in [0, 0.05) is 17.8 Å². The van der Waals surface area contributed by atoms with Crippen LogP contribution in [0.2, 0.25) is 0 Å². The monoisotopic (exact) mass is 287 g/mol. The van der Waals surface area contributed by atoms with Crippen LogP contribution in [0.5, 0.6) is 5.75 Å². The fraction of sp³-hybridized carbons (Fsp3) is 0.200. The minimum Gasteiger partial charge on any atom is -0.491 e. The zero-order valence-electron chi connectivity index (χ0n) is 11.9. The lowest BCUT2D eigenvalue weighted by Gasteiger charge is -2.12. The van der Waals surface area contributed by atoms with E-state index in [1.165, 1.54) is 12.1 Å². The molecule has 0 atom stereocenters. The number of nitrogen functional groups attached to an aromatic ring is 1. The predicted molar refractivity (Wildman–Crippen MR) is 83.0 cm³/mol. The van der Waals surface area contributed by atoms with Crippen LogP contribution in [0, 0.1) is 10.1 Å². The second-order valence-corrected chi connectivity index (χ2v) is 4.84. The van der Waals surface area contributed by atoms with Gasteiger partial charge in [-0.25, -0.2) is 0 Å². The van der Waals surface area contributed by atoms with Crippen molar-refractivity contribution >= 4 is 22.7 Å². The normalized spacial score (nSPS) is 10.4. The summed E-state index contributed by atoms with van der Waals surface area (Å²) in [5.74, 6) is 0.784. The highest BCUT2D eigenvalue weighted by Crippen LogP contribution is 2.28. The molecule has 110 valence electrons. The van der Waals surface area contributed by atoms with E-state index >= 15 is 0 Å². The molecule has 0 aliphatic heterocycles. The minimum absolute atomic E-state index is 0.0290. The quantitative estimate of drug-likeness (QED) is 0.497. The maximum Gasteiger partial charge on any atom is 0.271 e. The molecule has 0 aliphatic carbocycles. The fourth-order valence-electron chi connectivity index (χ4n) is 1.82. The summed E-state index contributed by atoms with van der Waals surface area (Å²) >= 11 is 0. The van der Waals surface area contributed by atoms with Gasteiger partial charge in [-0.2, -0.15) is 0 Å². The highest BCUT2D eigenvalue weighted by Gasteiger charge is 2.08. The molecule has 0 aliphatic rings. The SMILES string of the molecule is CC(C)Oc1ccc(Nc2ccc([N+](=O)[O-])cc2N)cc1. The third kappa shape index (κ3) is 3.85. The van der Waals surface area contributed by atoms with Gasteiger partial charge in [0.15, 0.2) is 0 Å². The van der Waals surface area contributed by atoms with Gasteiger partial charge in [-0.3, -0.25) is 10.1 Å². The van der Waals surface area contributed by atoms with Crippen LogP contribution >= 0.6 is 0 Å². The smallest absolute Gasteiger partial charge is 0.271 e. The maximum absolute atomic E-state index is 10.7. The topological polar surface area (TPSA) is 90.4 Å². The molecule has 2 rings (SSSR count). The molecular formula is C15H17N3O3. The van der Waals surface area contributed by atoms with Crippen LogP contribution in [0.3, 0.4) is 0 Å². The number of hydrogen-bond acceptors (Lipinski definition) is 5. The van der Waals surface area contributed by atoms with Gasteiger partial charge in [-0.15, -0.1) is 0 Å². The van der Waals surface area contributed by atoms with E-state index in [2.05, 4.69) is 5.32 Å². The maximum atomic E-state index is 10.7. The first-order chi connectivity index (χ1) is 9.95. The van der Waals surface area contributed by atoms with E-state index in [-0.39, 0.29) is 11.8 Å². The summed E-state index contributed by atoms with van der Waals surface area (Å²) in [7, 11) is 0. The molecule has 0 fully saturated rings. The summed E-state index contributed by atoms with van der Waals surface area (Å²) in [5.41, 5.74) is 7.56. The van der Waals surface area contributed by atoms with Crippen molar-refractivity contribution in [3.63, 3.8) is 0 Å². The second kappa shape index (κ2) is 6.13. The van der Waals surface area contributed by atoms with Gasteiger partial charge < -0.3 is 15.8 Å². The van der Waals surface area contributed by atoms with Crippen molar-refractivity contribution in [2.24, 2.45) is 0 Å². The molecule has 0 saturated heterocycles. The number of nitrogens with one attached hydrogen (secondary N) is 1. The zero-order valence-corrected chi connectivity index (χ0v) is 11.9. The van der Waals surface area contributed by atoms with E-state index in [0.717, 1.165) is 11.4 Å². The summed E-state index contributed by atoms with van der Waals surface area (Å²) in [5, 5.41) is 13.8.